The lowest BCUT2D eigenvalue weighted by Crippen LogP contribution is -2.48. The molecular formula is C18H22N4O3. The molecule has 1 amide bonds. The van der Waals surface area contributed by atoms with Gasteiger partial charge in [0.2, 0.25) is 5.91 Å². The Morgan fingerprint density at radius 3 is 2.84 bits per heavy atom. The van der Waals surface area contributed by atoms with Crippen LogP contribution in [0.2, 0.25) is 0 Å². The summed E-state index contributed by atoms with van der Waals surface area (Å²) in [5.74, 6) is -1.25. The van der Waals surface area contributed by atoms with Crippen LogP contribution in [-0.4, -0.2) is 44.8 Å². The van der Waals surface area contributed by atoms with Crippen molar-refractivity contribution in [2.45, 2.75) is 26.3 Å². The molecule has 1 aliphatic rings. The summed E-state index contributed by atoms with van der Waals surface area (Å²) in [6, 6.07) is 6.76. The van der Waals surface area contributed by atoms with E-state index in [2.05, 4.69) is 10.00 Å². The van der Waals surface area contributed by atoms with E-state index >= 15 is 0 Å². The van der Waals surface area contributed by atoms with E-state index in [1.54, 1.807) is 35.1 Å². The minimum absolute atomic E-state index is 0.205. The van der Waals surface area contributed by atoms with Gasteiger partial charge in [-0.1, -0.05) is 12.1 Å². The highest BCUT2D eigenvalue weighted by Crippen LogP contribution is 2.29. The van der Waals surface area contributed by atoms with Crippen LogP contribution in [-0.2, 0) is 11.3 Å². The second-order valence-corrected chi connectivity index (χ2v) is 6.85. The zero-order valence-corrected chi connectivity index (χ0v) is 14.2. The molecule has 1 aliphatic heterocycles. The van der Waals surface area contributed by atoms with Gasteiger partial charge in [0, 0.05) is 24.8 Å². The van der Waals surface area contributed by atoms with Crippen LogP contribution in [0.15, 0.2) is 36.7 Å². The second-order valence-electron chi connectivity index (χ2n) is 6.85. The van der Waals surface area contributed by atoms with E-state index in [1.165, 1.54) is 0 Å². The van der Waals surface area contributed by atoms with Gasteiger partial charge >= 0.3 is 5.97 Å². The fourth-order valence-electron chi connectivity index (χ4n) is 3.37. The Labute approximate surface area is 146 Å². The van der Waals surface area contributed by atoms with Crippen LogP contribution in [0.1, 0.15) is 35.7 Å². The van der Waals surface area contributed by atoms with Crippen LogP contribution >= 0.6 is 0 Å². The SMILES string of the molecule is C[C@@]1(C(N)=O)CCCN(Cc2cnn(-c3ccccc3C(=O)O)c2)C1. The van der Waals surface area contributed by atoms with E-state index in [9.17, 15) is 14.7 Å². The Morgan fingerprint density at radius 1 is 1.36 bits per heavy atom. The predicted octanol–water partition coefficient (Wildman–Crippen LogP) is 1.66. The van der Waals surface area contributed by atoms with Gasteiger partial charge in [0.1, 0.15) is 0 Å². The van der Waals surface area contributed by atoms with Crippen LogP contribution in [0.3, 0.4) is 0 Å². The van der Waals surface area contributed by atoms with E-state index in [4.69, 9.17) is 5.73 Å². The third kappa shape index (κ3) is 3.56. The molecule has 0 aliphatic carbocycles. The number of aromatic carboxylic acids is 1. The summed E-state index contributed by atoms with van der Waals surface area (Å²) in [6.45, 7) is 4.09. The Hall–Kier alpha value is -2.67. The molecule has 2 aromatic rings. The summed E-state index contributed by atoms with van der Waals surface area (Å²) < 4.78 is 1.58. The number of carbonyl (C=O) groups excluding carboxylic acids is 1. The van der Waals surface area contributed by atoms with Gasteiger partial charge in [0.05, 0.1) is 22.9 Å². The van der Waals surface area contributed by atoms with E-state index in [1.807, 2.05) is 13.1 Å². The molecule has 2 heterocycles. The molecular weight excluding hydrogens is 320 g/mol. The topological polar surface area (TPSA) is 101 Å². The van der Waals surface area contributed by atoms with Gasteiger partial charge in [0.25, 0.3) is 0 Å². The Bertz CT molecular complexity index is 801. The summed E-state index contributed by atoms with van der Waals surface area (Å²) in [5.41, 5.74) is 6.75. The van der Waals surface area contributed by atoms with Crippen molar-refractivity contribution in [1.82, 2.24) is 14.7 Å². The average molecular weight is 342 g/mol. The molecule has 7 nitrogen and oxygen atoms in total. The highest BCUT2D eigenvalue weighted by atomic mass is 16.4. The Morgan fingerprint density at radius 2 is 2.12 bits per heavy atom. The largest absolute Gasteiger partial charge is 0.478 e. The van der Waals surface area contributed by atoms with Crippen molar-refractivity contribution in [1.29, 1.82) is 0 Å². The summed E-state index contributed by atoms with van der Waals surface area (Å²) in [7, 11) is 0. The standard InChI is InChI=1S/C18H22N4O3/c1-18(17(19)25)7-4-8-21(12-18)10-13-9-20-22(11-13)15-6-3-2-5-14(15)16(23)24/h2-3,5-6,9,11H,4,7-8,10,12H2,1H3,(H2,19,25)(H,23,24)/t18-/m1/s1. The Kier molecular flexibility index (Phi) is 4.59. The van der Waals surface area contributed by atoms with Gasteiger partial charge in [-0.2, -0.15) is 5.10 Å². The smallest absolute Gasteiger partial charge is 0.337 e. The number of para-hydroxylation sites is 1. The molecule has 25 heavy (non-hydrogen) atoms. The van der Waals surface area contributed by atoms with Crippen molar-refractivity contribution < 1.29 is 14.7 Å². The number of carbonyl (C=O) groups is 2. The number of aromatic nitrogens is 2. The normalized spacial score (nSPS) is 21.2. The molecule has 0 radical (unpaired) electrons. The number of likely N-dealkylation sites (tertiary alicyclic amines) is 1. The molecule has 3 N–H and O–H groups in total. The fraction of sp³-hybridized carbons (Fsp3) is 0.389. The van der Waals surface area contributed by atoms with Crippen molar-refractivity contribution in [3.8, 4) is 5.69 Å². The van der Waals surface area contributed by atoms with E-state index in [0.29, 0.717) is 18.8 Å². The number of hydrogen-bond acceptors (Lipinski definition) is 4. The lowest BCUT2D eigenvalue weighted by atomic mass is 9.81. The molecule has 0 saturated carbocycles. The molecule has 1 aromatic carbocycles. The molecule has 0 bridgehead atoms. The molecule has 1 fully saturated rings. The van der Waals surface area contributed by atoms with Gasteiger partial charge in [0.15, 0.2) is 0 Å². The molecule has 7 heteroatoms. The number of nitrogens with two attached hydrogens (primary N) is 1. The maximum Gasteiger partial charge on any atom is 0.337 e. The maximum absolute atomic E-state index is 11.7. The molecule has 0 unspecified atom stereocenters. The summed E-state index contributed by atoms with van der Waals surface area (Å²) in [6.07, 6.45) is 5.30. The minimum Gasteiger partial charge on any atom is -0.478 e. The highest BCUT2D eigenvalue weighted by molar-refractivity contribution is 5.91. The van der Waals surface area contributed by atoms with Crippen molar-refractivity contribution in [2.75, 3.05) is 13.1 Å². The fourth-order valence-corrected chi connectivity index (χ4v) is 3.37. The monoisotopic (exact) mass is 342 g/mol. The first-order chi connectivity index (χ1) is 11.9. The highest BCUT2D eigenvalue weighted by Gasteiger charge is 2.36. The van der Waals surface area contributed by atoms with Crippen molar-refractivity contribution in [3.63, 3.8) is 0 Å². The van der Waals surface area contributed by atoms with Crippen LogP contribution in [0, 0.1) is 5.41 Å². The van der Waals surface area contributed by atoms with Crippen LogP contribution in [0.5, 0.6) is 0 Å². The number of benzene rings is 1. The number of piperidine rings is 1. The third-order valence-corrected chi connectivity index (χ3v) is 4.79. The molecule has 3 rings (SSSR count). The summed E-state index contributed by atoms with van der Waals surface area (Å²) >= 11 is 0. The number of rotatable bonds is 5. The van der Waals surface area contributed by atoms with Gasteiger partial charge in [-0.15, -0.1) is 0 Å². The quantitative estimate of drug-likeness (QED) is 0.860. The number of primary amides is 1. The van der Waals surface area contributed by atoms with Crippen molar-refractivity contribution in [2.24, 2.45) is 11.1 Å². The zero-order valence-electron chi connectivity index (χ0n) is 14.2. The minimum atomic E-state index is -0.985. The van der Waals surface area contributed by atoms with Crippen LogP contribution < -0.4 is 5.73 Å². The van der Waals surface area contributed by atoms with Gasteiger partial charge in [-0.3, -0.25) is 9.69 Å². The number of hydrogen-bond donors (Lipinski definition) is 2. The van der Waals surface area contributed by atoms with Gasteiger partial charge < -0.3 is 10.8 Å². The lowest BCUT2D eigenvalue weighted by molar-refractivity contribution is -0.129. The second kappa shape index (κ2) is 6.68. The molecule has 1 saturated heterocycles. The molecule has 132 valence electrons. The summed E-state index contributed by atoms with van der Waals surface area (Å²) in [4.78, 5) is 25.2. The molecule has 1 aromatic heterocycles. The van der Waals surface area contributed by atoms with E-state index < -0.39 is 11.4 Å². The average Bonchev–Trinajstić information content (AvgIpc) is 3.03. The first kappa shape index (κ1) is 17.2. The zero-order chi connectivity index (χ0) is 18.0. The van der Waals surface area contributed by atoms with E-state index in [-0.39, 0.29) is 11.5 Å². The maximum atomic E-state index is 11.7. The first-order valence-electron chi connectivity index (χ1n) is 8.27. The van der Waals surface area contributed by atoms with Gasteiger partial charge in [-0.05, 0) is 38.4 Å². The van der Waals surface area contributed by atoms with E-state index in [0.717, 1.165) is 24.9 Å². The van der Waals surface area contributed by atoms with Gasteiger partial charge in [-0.25, -0.2) is 9.48 Å². The Balaban J connectivity index is 1.77. The molecule has 1 atom stereocenters. The third-order valence-electron chi connectivity index (χ3n) is 4.79. The number of carboxylic acids is 1. The summed E-state index contributed by atoms with van der Waals surface area (Å²) in [5, 5.41) is 13.6. The van der Waals surface area contributed by atoms with Crippen LogP contribution in [0.25, 0.3) is 5.69 Å². The van der Waals surface area contributed by atoms with Crippen LogP contribution in [0.4, 0.5) is 0 Å². The first-order valence-corrected chi connectivity index (χ1v) is 8.27. The number of amides is 1. The van der Waals surface area contributed by atoms with Crippen molar-refractivity contribution >= 4 is 11.9 Å². The number of nitrogens with zero attached hydrogens (tertiary/aromatic N) is 3. The molecule has 0 spiro atoms. The number of carboxylic acid groups (broad SMARTS) is 1. The van der Waals surface area contributed by atoms with Crippen molar-refractivity contribution in [3.05, 3.63) is 47.8 Å². The predicted molar refractivity (Wildman–Crippen MR) is 92.3 cm³/mol. The lowest BCUT2D eigenvalue weighted by Gasteiger charge is -2.38.